The van der Waals surface area contributed by atoms with Crippen molar-refractivity contribution in [2.24, 2.45) is 5.92 Å². The van der Waals surface area contributed by atoms with E-state index in [0.29, 0.717) is 23.5 Å². The summed E-state index contributed by atoms with van der Waals surface area (Å²) in [5, 5.41) is 2.69. The lowest BCUT2D eigenvalue weighted by Crippen LogP contribution is -2.54. The van der Waals surface area contributed by atoms with E-state index in [2.05, 4.69) is 16.2 Å². The van der Waals surface area contributed by atoms with Crippen LogP contribution in [0, 0.1) is 11.7 Å². The van der Waals surface area contributed by atoms with Gasteiger partial charge in [0.25, 0.3) is 11.8 Å². The molecule has 7 nitrogen and oxygen atoms in total. The Morgan fingerprint density at radius 3 is 2.30 bits per heavy atom. The fourth-order valence-electron chi connectivity index (χ4n) is 2.73. The second-order valence-electron chi connectivity index (χ2n) is 6.96. The minimum atomic E-state index is -0.877. The molecule has 8 heteroatoms. The largest absolute Gasteiger partial charge is 0.493 e. The molecule has 3 amide bonds. The summed E-state index contributed by atoms with van der Waals surface area (Å²) >= 11 is 0. The quantitative estimate of drug-likeness (QED) is 0.577. The number of ether oxygens (including phenoxy) is 1. The molecule has 0 spiro atoms. The molecule has 1 atom stereocenters. The Morgan fingerprint density at radius 1 is 1.00 bits per heavy atom. The molecule has 0 aromatic heterocycles. The number of para-hydroxylation sites is 1. The lowest BCUT2D eigenvalue weighted by Gasteiger charge is -2.22. The molecule has 0 radical (unpaired) electrons. The number of halogens is 1. The van der Waals surface area contributed by atoms with E-state index in [1.807, 2.05) is 6.92 Å². The fourth-order valence-corrected chi connectivity index (χ4v) is 2.73. The van der Waals surface area contributed by atoms with Crippen molar-refractivity contribution in [1.29, 1.82) is 0 Å². The fraction of sp³-hybridized carbons (Fsp3) is 0.318. The van der Waals surface area contributed by atoms with Gasteiger partial charge in [0.05, 0.1) is 18.6 Å². The normalized spacial score (nSPS) is 11.5. The highest BCUT2D eigenvalue weighted by Crippen LogP contribution is 2.18. The summed E-state index contributed by atoms with van der Waals surface area (Å²) in [4.78, 5) is 37.3. The van der Waals surface area contributed by atoms with Crippen molar-refractivity contribution in [2.45, 2.75) is 33.2 Å². The van der Waals surface area contributed by atoms with Crippen LogP contribution < -0.4 is 20.9 Å². The average Bonchev–Trinajstić information content (AvgIpc) is 2.72. The van der Waals surface area contributed by atoms with E-state index >= 15 is 0 Å². The first-order valence-electron chi connectivity index (χ1n) is 9.67. The molecule has 0 bridgehead atoms. The van der Waals surface area contributed by atoms with Crippen LogP contribution in [0.15, 0.2) is 48.5 Å². The Hall–Kier alpha value is -3.42. The van der Waals surface area contributed by atoms with Crippen LogP contribution in [-0.4, -0.2) is 30.4 Å². The molecule has 0 aliphatic rings. The highest BCUT2D eigenvalue weighted by atomic mass is 19.1. The number of carbonyl (C=O) groups excluding carboxylic acids is 3. The maximum atomic E-state index is 12.9. The van der Waals surface area contributed by atoms with Crippen LogP contribution in [0.5, 0.6) is 5.75 Å². The number of carbonyl (C=O) groups is 3. The number of amides is 3. The molecule has 0 saturated carbocycles. The summed E-state index contributed by atoms with van der Waals surface area (Å²) in [6.07, 6.45) is -0.0268. The van der Waals surface area contributed by atoms with Gasteiger partial charge >= 0.3 is 0 Å². The van der Waals surface area contributed by atoms with E-state index < -0.39 is 29.6 Å². The van der Waals surface area contributed by atoms with Gasteiger partial charge in [-0.1, -0.05) is 38.1 Å². The average molecular weight is 415 g/mol. The van der Waals surface area contributed by atoms with Crippen LogP contribution in [0.4, 0.5) is 4.39 Å². The lowest BCUT2D eigenvalue weighted by atomic mass is 10.0. The molecule has 0 aliphatic heterocycles. The zero-order valence-corrected chi connectivity index (χ0v) is 17.2. The number of hydrazine groups is 1. The summed E-state index contributed by atoms with van der Waals surface area (Å²) in [6.45, 7) is 5.77. The lowest BCUT2D eigenvalue weighted by molar-refractivity contribution is -0.130. The van der Waals surface area contributed by atoms with Gasteiger partial charge < -0.3 is 10.1 Å². The van der Waals surface area contributed by atoms with Crippen molar-refractivity contribution in [2.75, 3.05) is 6.61 Å². The zero-order chi connectivity index (χ0) is 22.1. The zero-order valence-electron chi connectivity index (χ0n) is 17.2. The van der Waals surface area contributed by atoms with Gasteiger partial charge in [0.15, 0.2) is 0 Å². The first-order chi connectivity index (χ1) is 14.3. The molecule has 0 unspecified atom stereocenters. The van der Waals surface area contributed by atoms with Crippen LogP contribution in [-0.2, 0) is 16.0 Å². The third kappa shape index (κ3) is 6.58. The van der Waals surface area contributed by atoms with Gasteiger partial charge in [-0.3, -0.25) is 25.2 Å². The van der Waals surface area contributed by atoms with Crippen molar-refractivity contribution in [3.63, 3.8) is 0 Å². The van der Waals surface area contributed by atoms with E-state index in [9.17, 15) is 18.8 Å². The van der Waals surface area contributed by atoms with Crippen molar-refractivity contribution in [3.8, 4) is 5.75 Å². The Morgan fingerprint density at radius 2 is 1.67 bits per heavy atom. The molecule has 2 aromatic carbocycles. The van der Waals surface area contributed by atoms with Gasteiger partial charge in [-0.15, -0.1) is 0 Å². The molecule has 0 fully saturated rings. The third-order valence-corrected chi connectivity index (χ3v) is 4.27. The van der Waals surface area contributed by atoms with E-state index in [1.54, 1.807) is 38.1 Å². The molecule has 160 valence electrons. The molecule has 2 aromatic rings. The van der Waals surface area contributed by atoms with Crippen LogP contribution >= 0.6 is 0 Å². The Labute approximate surface area is 175 Å². The molecular weight excluding hydrogens is 389 g/mol. The van der Waals surface area contributed by atoms with Crippen LogP contribution in [0.2, 0.25) is 0 Å². The molecule has 0 heterocycles. The minimum absolute atomic E-state index is 0.0268. The van der Waals surface area contributed by atoms with E-state index in [1.165, 1.54) is 24.3 Å². The van der Waals surface area contributed by atoms with Crippen LogP contribution in [0.1, 0.15) is 36.7 Å². The predicted molar refractivity (Wildman–Crippen MR) is 110 cm³/mol. The van der Waals surface area contributed by atoms with Crippen LogP contribution in [0.25, 0.3) is 0 Å². The van der Waals surface area contributed by atoms with Crippen LogP contribution in [0.3, 0.4) is 0 Å². The summed E-state index contributed by atoms with van der Waals surface area (Å²) in [6, 6.07) is 11.4. The summed E-state index contributed by atoms with van der Waals surface area (Å²) in [7, 11) is 0. The number of nitrogens with one attached hydrogen (secondary N) is 3. The standard InChI is InChI=1S/C22H26FN3O4/c1-4-30-18-8-6-5-7-17(18)21(28)24-20(14(2)3)22(29)26-25-19(27)13-15-9-11-16(23)12-10-15/h5-12,14,20H,4,13H2,1-3H3,(H,24,28)(H,25,27)(H,26,29)/t20-/m0/s1. The Balaban J connectivity index is 1.96. The Kier molecular flexibility index (Phi) is 8.34. The molecule has 0 aliphatic carbocycles. The van der Waals surface area contributed by atoms with Crippen molar-refractivity contribution >= 4 is 17.7 Å². The topological polar surface area (TPSA) is 96.5 Å². The van der Waals surface area contributed by atoms with Gasteiger partial charge in [0.1, 0.15) is 17.6 Å². The summed E-state index contributed by atoms with van der Waals surface area (Å²) in [5.74, 6) is -1.68. The monoisotopic (exact) mass is 415 g/mol. The molecule has 30 heavy (non-hydrogen) atoms. The summed E-state index contributed by atoms with van der Waals surface area (Å²) in [5.41, 5.74) is 5.57. The predicted octanol–water partition coefficient (Wildman–Crippen LogP) is 2.37. The van der Waals surface area contributed by atoms with E-state index in [-0.39, 0.29) is 12.3 Å². The number of benzene rings is 2. The second-order valence-corrected chi connectivity index (χ2v) is 6.96. The summed E-state index contributed by atoms with van der Waals surface area (Å²) < 4.78 is 18.4. The molecule has 3 N–H and O–H groups in total. The molecule has 2 rings (SSSR count). The van der Waals surface area contributed by atoms with E-state index in [0.717, 1.165) is 0 Å². The minimum Gasteiger partial charge on any atom is -0.493 e. The number of hydrogen-bond acceptors (Lipinski definition) is 4. The number of hydrogen-bond donors (Lipinski definition) is 3. The van der Waals surface area contributed by atoms with Gasteiger partial charge in [-0.2, -0.15) is 0 Å². The highest BCUT2D eigenvalue weighted by Gasteiger charge is 2.26. The molecular formula is C22H26FN3O4. The first-order valence-corrected chi connectivity index (χ1v) is 9.67. The van der Waals surface area contributed by atoms with Crippen molar-refractivity contribution in [3.05, 3.63) is 65.5 Å². The number of rotatable bonds is 8. The highest BCUT2D eigenvalue weighted by molar-refractivity contribution is 5.99. The van der Waals surface area contributed by atoms with Crippen molar-refractivity contribution in [1.82, 2.24) is 16.2 Å². The second kappa shape index (κ2) is 10.9. The van der Waals surface area contributed by atoms with Gasteiger partial charge in [-0.25, -0.2) is 4.39 Å². The van der Waals surface area contributed by atoms with Crippen molar-refractivity contribution < 1.29 is 23.5 Å². The third-order valence-electron chi connectivity index (χ3n) is 4.27. The Bertz CT molecular complexity index is 884. The molecule has 0 saturated heterocycles. The maximum absolute atomic E-state index is 12.9. The van der Waals surface area contributed by atoms with E-state index in [4.69, 9.17) is 4.74 Å². The van der Waals surface area contributed by atoms with Gasteiger partial charge in [-0.05, 0) is 42.7 Å². The maximum Gasteiger partial charge on any atom is 0.261 e. The smallest absolute Gasteiger partial charge is 0.261 e. The van der Waals surface area contributed by atoms with Gasteiger partial charge in [0, 0.05) is 0 Å². The SMILES string of the molecule is CCOc1ccccc1C(=O)N[C@H](C(=O)NNC(=O)Cc1ccc(F)cc1)C(C)C. The van der Waals surface area contributed by atoms with Gasteiger partial charge in [0.2, 0.25) is 5.91 Å². The first kappa shape index (κ1) is 22.9.